The average molecular weight is 279 g/mol. The van der Waals surface area contributed by atoms with Crippen molar-refractivity contribution in [2.24, 2.45) is 0 Å². The van der Waals surface area contributed by atoms with E-state index < -0.39 is 0 Å². The molecule has 0 radical (unpaired) electrons. The lowest BCUT2D eigenvalue weighted by atomic mass is 9.70. The normalized spacial score (nSPS) is 18.2. The number of hydrogen-bond acceptors (Lipinski definition) is 0. The zero-order valence-corrected chi connectivity index (χ0v) is 12.1. The second kappa shape index (κ2) is 4.03. The Kier molecular flexibility index (Phi) is 3.00. The molecular formula is C15H19Br. The van der Waals surface area contributed by atoms with Crippen LogP contribution in [0, 0.1) is 0 Å². The van der Waals surface area contributed by atoms with Crippen LogP contribution in [0.1, 0.15) is 51.7 Å². The van der Waals surface area contributed by atoms with Crippen LogP contribution >= 0.6 is 15.9 Å². The molecule has 1 aromatic rings. The zero-order valence-electron chi connectivity index (χ0n) is 10.5. The maximum absolute atomic E-state index is 3.58. The van der Waals surface area contributed by atoms with Crippen LogP contribution in [0.25, 0.3) is 5.57 Å². The van der Waals surface area contributed by atoms with Gasteiger partial charge in [0.2, 0.25) is 0 Å². The van der Waals surface area contributed by atoms with E-state index in [-0.39, 0.29) is 0 Å². The summed E-state index contributed by atoms with van der Waals surface area (Å²) >= 11 is 3.58. The first kappa shape index (κ1) is 11.9. The fourth-order valence-corrected chi connectivity index (χ4v) is 2.94. The van der Waals surface area contributed by atoms with Gasteiger partial charge in [-0.1, -0.05) is 41.4 Å². The Morgan fingerprint density at radius 3 is 2.56 bits per heavy atom. The number of allylic oxidation sites excluding steroid dienone is 2. The van der Waals surface area contributed by atoms with E-state index in [1.54, 1.807) is 0 Å². The maximum atomic E-state index is 3.58. The van der Waals surface area contributed by atoms with E-state index in [0.29, 0.717) is 5.41 Å². The molecule has 0 fully saturated rings. The molecule has 2 rings (SSSR count). The number of hydrogen-bond donors (Lipinski definition) is 0. The van der Waals surface area contributed by atoms with Gasteiger partial charge in [0.15, 0.2) is 0 Å². The predicted molar refractivity (Wildman–Crippen MR) is 74.7 cm³/mol. The van der Waals surface area contributed by atoms with Crippen LogP contribution in [0.4, 0.5) is 0 Å². The van der Waals surface area contributed by atoms with Crippen molar-refractivity contribution < 1.29 is 0 Å². The Balaban J connectivity index is 2.68. The molecule has 1 aliphatic carbocycles. The number of halogens is 1. The van der Waals surface area contributed by atoms with Gasteiger partial charge >= 0.3 is 0 Å². The van der Waals surface area contributed by atoms with Gasteiger partial charge in [-0.05, 0) is 60.9 Å². The van der Waals surface area contributed by atoms with Crippen LogP contribution in [0.5, 0.6) is 0 Å². The van der Waals surface area contributed by atoms with E-state index in [1.165, 1.54) is 39.6 Å². The molecule has 0 amide bonds. The van der Waals surface area contributed by atoms with E-state index in [1.807, 2.05) is 0 Å². The molecule has 0 bridgehead atoms. The molecule has 0 aromatic heterocycles. The second-order valence-corrected chi connectivity index (χ2v) is 6.47. The molecule has 0 saturated heterocycles. The molecule has 0 aliphatic heterocycles. The van der Waals surface area contributed by atoms with E-state index in [4.69, 9.17) is 0 Å². The highest BCUT2D eigenvalue weighted by molar-refractivity contribution is 9.10. The average Bonchev–Trinajstić information content (AvgIpc) is 2.16. The highest BCUT2D eigenvalue weighted by Crippen LogP contribution is 2.43. The minimum atomic E-state index is 0.314. The Bertz CT molecular complexity index is 449. The lowest BCUT2D eigenvalue weighted by molar-refractivity contribution is 0.474. The molecule has 86 valence electrons. The summed E-state index contributed by atoms with van der Waals surface area (Å²) in [5.41, 5.74) is 6.25. The molecule has 1 aliphatic rings. The quantitative estimate of drug-likeness (QED) is 0.603. The highest BCUT2D eigenvalue weighted by atomic mass is 79.9. The van der Waals surface area contributed by atoms with Crippen molar-refractivity contribution in [3.8, 4) is 0 Å². The number of benzene rings is 1. The van der Waals surface area contributed by atoms with Crippen LogP contribution in [0.3, 0.4) is 0 Å². The van der Waals surface area contributed by atoms with Crippen LogP contribution in [0.15, 0.2) is 28.2 Å². The highest BCUT2D eigenvalue weighted by Gasteiger charge is 2.29. The van der Waals surface area contributed by atoms with Crippen molar-refractivity contribution in [3.63, 3.8) is 0 Å². The van der Waals surface area contributed by atoms with E-state index in [0.717, 1.165) is 0 Å². The number of rotatable bonds is 0. The van der Waals surface area contributed by atoms with Crippen molar-refractivity contribution in [1.82, 2.24) is 0 Å². The topological polar surface area (TPSA) is 0 Å². The van der Waals surface area contributed by atoms with Crippen LogP contribution in [0.2, 0.25) is 0 Å². The predicted octanol–water partition coefficient (Wildman–Crippen LogP) is 5.31. The molecule has 0 atom stereocenters. The summed E-state index contributed by atoms with van der Waals surface area (Å²) < 4.78 is 1.18. The number of fused-ring (bicyclic) bond motifs is 1. The van der Waals surface area contributed by atoms with Crippen molar-refractivity contribution in [1.29, 1.82) is 0 Å². The summed E-state index contributed by atoms with van der Waals surface area (Å²) in [4.78, 5) is 0. The SMILES string of the molecule is CC(C)=C1CCC(C)(C)c2ccc(Br)cc21. The molecule has 1 heteroatoms. The van der Waals surface area contributed by atoms with Crippen LogP contribution in [-0.2, 0) is 5.41 Å². The van der Waals surface area contributed by atoms with Crippen molar-refractivity contribution >= 4 is 21.5 Å². The summed E-state index contributed by atoms with van der Waals surface area (Å²) in [5.74, 6) is 0. The molecule has 0 unspecified atom stereocenters. The van der Waals surface area contributed by atoms with Crippen molar-refractivity contribution in [2.45, 2.75) is 46.0 Å². The lowest BCUT2D eigenvalue weighted by Crippen LogP contribution is -2.23. The van der Waals surface area contributed by atoms with Gasteiger partial charge in [-0.3, -0.25) is 0 Å². The van der Waals surface area contributed by atoms with Gasteiger partial charge in [-0.15, -0.1) is 0 Å². The van der Waals surface area contributed by atoms with Gasteiger partial charge in [0.25, 0.3) is 0 Å². The lowest BCUT2D eigenvalue weighted by Gasteiger charge is -2.34. The van der Waals surface area contributed by atoms with E-state index >= 15 is 0 Å². The third-order valence-electron chi connectivity index (χ3n) is 3.64. The molecule has 0 saturated carbocycles. The molecular weight excluding hydrogens is 260 g/mol. The Morgan fingerprint density at radius 2 is 1.94 bits per heavy atom. The van der Waals surface area contributed by atoms with E-state index in [9.17, 15) is 0 Å². The fourth-order valence-electron chi connectivity index (χ4n) is 2.58. The fraction of sp³-hybridized carbons (Fsp3) is 0.467. The van der Waals surface area contributed by atoms with Gasteiger partial charge in [0.05, 0.1) is 0 Å². The smallest absolute Gasteiger partial charge is 0.0181 e. The molecule has 0 nitrogen and oxygen atoms in total. The summed E-state index contributed by atoms with van der Waals surface area (Å²) in [7, 11) is 0. The van der Waals surface area contributed by atoms with Crippen molar-refractivity contribution in [3.05, 3.63) is 39.4 Å². The van der Waals surface area contributed by atoms with Crippen LogP contribution < -0.4 is 0 Å². The molecule has 0 N–H and O–H groups in total. The summed E-state index contributed by atoms with van der Waals surface area (Å²) in [6.07, 6.45) is 2.46. The minimum Gasteiger partial charge on any atom is -0.0726 e. The Morgan fingerprint density at radius 1 is 1.25 bits per heavy atom. The summed E-state index contributed by atoms with van der Waals surface area (Å²) in [6.45, 7) is 9.14. The molecule has 0 heterocycles. The zero-order chi connectivity index (χ0) is 11.9. The summed E-state index contributed by atoms with van der Waals surface area (Å²) in [6, 6.07) is 6.72. The van der Waals surface area contributed by atoms with Crippen molar-refractivity contribution in [2.75, 3.05) is 0 Å². The third kappa shape index (κ3) is 1.98. The largest absolute Gasteiger partial charge is 0.0726 e. The van der Waals surface area contributed by atoms with Gasteiger partial charge in [-0.25, -0.2) is 0 Å². The van der Waals surface area contributed by atoms with Gasteiger partial charge in [0.1, 0.15) is 0 Å². The monoisotopic (exact) mass is 278 g/mol. The first-order chi connectivity index (χ1) is 7.42. The standard InChI is InChI=1S/C15H19Br/c1-10(2)12-7-8-15(3,4)14-6-5-11(16)9-13(12)14/h5-6,9H,7-8H2,1-4H3. The Hall–Kier alpha value is -0.560. The molecule has 16 heavy (non-hydrogen) atoms. The van der Waals surface area contributed by atoms with Gasteiger partial charge in [-0.2, -0.15) is 0 Å². The Labute approximate surface area is 107 Å². The first-order valence-corrected chi connectivity index (χ1v) is 6.68. The van der Waals surface area contributed by atoms with Crippen LogP contribution in [-0.4, -0.2) is 0 Å². The summed E-state index contributed by atoms with van der Waals surface area (Å²) in [5, 5.41) is 0. The maximum Gasteiger partial charge on any atom is 0.0181 e. The third-order valence-corrected chi connectivity index (χ3v) is 4.13. The van der Waals surface area contributed by atoms with Gasteiger partial charge in [0, 0.05) is 4.47 Å². The van der Waals surface area contributed by atoms with Gasteiger partial charge < -0.3 is 0 Å². The van der Waals surface area contributed by atoms with E-state index in [2.05, 4.69) is 61.8 Å². The first-order valence-electron chi connectivity index (χ1n) is 5.88. The molecule has 1 aromatic carbocycles. The molecule has 0 spiro atoms. The second-order valence-electron chi connectivity index (χ2n) is 5.55. The minimum absolute atomic E-state index is 0.314.